The molecule has 150 valence electrons. The van der Waals surface area contributed by atoms with Gasteiger partial charge in [0.1, 0.15) is 5.75 Å². The second-order valence-electron chi connectivity index (χ2n) is 6.55. The number of carbonyl (C=O) groups excluding carboxylic acids is 1. The van der Waals surface area contributed by atoms with Crippen molar-refractivity contribution < 1.29 is 24.1 Å². The van der Waals surface area contributed by atoms with E-state index in [0.717, 1.165) is 11.1 Å². The van der Waals surface area contributed by atoms with Crippen LogP contribution in [0.25, 0.3) is 0 Å². The number of phenolic OH excluding ortho intramolecular Hbond substituents is 1. The first kappa shape index (κ1) is 21.1. The number of rotatable bonds is 8. The molecule has 0 bridgehead atoms. The molecule has 7 nitrogen and oxygen atoms in total. The first-order valence-electron chi connectivity index (χ1n) is 8.86. The molecule has 7 heteroatoms. The summed E-state index contributed by atoms with van der Waals surface area (Å²) in [4.78, 5) is 12.0. The zero-order valence-corrected chi connectivity index (χ0v) is 16.8. The van der Waals surface area contributed by atoms with Crippen molar-refractivity contribution in [2.24, 2.45) is 5.10 Å². The van der Waals surface area contributed by atoms with Crippen LogP contribution in [0.15, 0.2) is 35.4 Å². The highest BCUT2D eigenvalue weighted by molar-refractivity contribution is 5.84. The lowest BCUT2D eigenvalue weighted by Crippen LogP contribution is -2.25. The fourth-order valence-electron chi connectivity index (χ4n) is 2.59. The van der Waals surface area contributed by atoms with Gasteiger partial charge in [-0.15, -0.1) is 0 Å². The third kappa shape index (κ3) is 5.39. The Labute approximate surface area is 164 Å². The van der Waals surface area contributed by atoms with Crippen LogP contribution < -0.4 is 19.6 Å². The van der Waals surface area contributed by atoms with E-state index in [2.05, 4.69) is 24.4 Å². The van der Waals surface area contributed by atoms with Crippen molar-refractivity contribution >= 4 is 12.1 Å². The summed E-state index contributed by atoms with van der Waals surface area (Å²) in [6.45, 7) is 5.97. The summed E-state index contributed by atoms with van der Waals surface area (Å²) in [6, 6.07) is 9.10. The van der Waals surface area contributed by atoms with Gasteiger partial charge >= 0.3 is 0 Å². The molecule has 2 N–H and O–H groups in total. The maximum Gasteiger partial charge on any atom is 0.277 e. The predicted molar refractivity (Wildman–Crippen MR) is 108 cm³/mol. The van der Waals surface area contributed by atoms with Crippen molar-refractivity contribution in [3.63, 3.8) is 0 Å². The van der Waals surface area contributed by atoms with E-state index in [9.17, 15) is 9.90 Å². The first-order chi connectivity index (χ1) is 13.3. The van der Waals surface area contributed by atoms with Gasteiger partial charge in [-0.3, -0.25) is 4.79 Å². The van der Waals surface area contributed by atoms with Crippen molar-refractivity contribution in [3.8, 4) is 23.0 Å². The molecule has 2 aromatic carbocycles. The Kier molecular flexibility index (Phi) is 7.26. The van der Waals surface area contributed by atoms with E-state index in [1.54, 1.807) is 12.1 Å². The highest BCUT2D eigenvalue weighted by Crippen LogP contribution is 2.36. The molecule has 0 fully saturated rings. The summed E-state index contributed by atoms with van der Waals surface area (Å²) < 4.78 is 15.8. The van der Waals surface area contributed by atoms with Gasteiger partial charge in [0.25, 0.3) is 5.91 Å². The molecule has 1 amide bonds. The molecule has 28 heavy (non-hydrogen) atoms. The lowest BCUT2D eigenvalue weighted by atomic mass is 10.0. The Morgan fingerprint density at radius 3 is 2.36 bits per heavy atom. The Morgan fingerprint density at radius 1 is 1.14 bits per heavy atom. The number of nitrogens with zero attached hydrogens (tertiary/aromatic N) is 1. The maximum atomic E-state index is 12.0. The van der Waals surface area contributed by atoms with Crippen LogP contribution in [0, 0.1) is 6.92 Å². The molecule has 0 saturated carbocycles. The van der Waals surface area contributed by atoms with Crippen LogP contribution in [0.3, 0.4) is 0 Å². The molecule has 0 aliphatic heterocycles. The van der Waals surface area contributed by atoms with Gasteiger partial charge in [0, 0.05) is 5.56 Å². The number of hydrogen-bond donors (Lipinski definition) is 2. The Bertz CT molecular complexity index is 837. The normalized spacial score (nSPS) is 10.9. The molecular formula is C21H26N2O5. The van der Waals surface area contributed by atoms with Crippen LogP contribution in [-0.4, -0.2) is 38.1 Å². The molecule has 0 radical (unpaired) electrons. The average molecular weight is 386 g/mol. The number of hydrogen-bond acceptors (Lipinski definition) is 6. The van der Waals surface area contributed by atoms with E-state index in [4.69, 9.17) is 14.2 Å². The minimum absolute atomic E-state index is 0.0984. The van der Waals surface area contributed by atoms with Gasteiger partial charge in [-0.25, -0.2) is 5.43 Å². The zero-order chi connectivity index (χ0) is 20.7. The van der Waals surface area contributed by atoms with E-state index in [1.807, 2.05) is 25.1 Å². The number of aromatic hydroxyl groups is 1. The monoisotopic (exact) mass is 386 g/mol. The minimum Gasteiger partial charge on any atom is -0.502 e. The molecule has 0 aliphatic carbocycles. The van der Waals surface area contributed by atoms with Crippen LogP contribution in [0.1, 0.15) is 36.5 Å². The molecule has 0 aromatic heterocycles. The topological polar surface area (TPSA) is 89.4 Å². The number of carbonyl (C=O) groups is 1. The molecule has 0 heterocycles. The van der Waals surface area contributed by atoms with Crippen LogP contribution in [0.2, 0.25) is 0 Å². The number of amides is 1. The lowest BCUT2D eigenvalue weighted by molar-refractivity contribution is -0.123. The third-order valence-corrected chi connectivity index (χ3v) is 4.05. The maximum absolute atomic E-state index is 12.0. The fourth-order valence-corrected chi connectivity index (χ4v) is 2.59. The highest BCUT2D eigenvalue weighted by atomic mass is 16.5. The molecule has 0 unspecified atom stereocenters. The van der Waals surface area contributed by atoms with E-state index >= 15 is 0 Å². The SMILES string of the molecule is COc1cc(/C=N/NC(=O)COc2cc(C)ccc2C(C)C)cc(OC)c1O. The number of methoxy groups -OCH3 is 2. The van der Waals surface area contributed by atoms with E-state index in [1.165, 1.54) is 20.4 Å². The van der Waals surface area contributed by atoms with Gasteiger partial charge < -0.3 is 19.3 Å². The fraction of sp³-hybridized carbons (Fsp3) is 0.333. The molecule has 0 spiro atoms. The Hall–Kier alpha value is -3.22. The molecular weight excluding hydrogens is 360 g/mol. The summed E-state index contributed by atoms with van der Waals surface area (Å²) in [5.74, 6) is 0.995. The van der Waals surface area contributed by atoms with Gasteiger partial charge in [-0.1, -0.05) is 26.0 Å². The Balaban J connectivity index is 1.99. The van der Waals surface area contributed by atoms with Gasteiger partial charge in [0.15, 0.2) is 18.1 Å². The van der Waals surface area contributed by atoms with Gasteiger partial charge in [-0.05, 0) is 42.2 Å². The van der Waals surface area contributed by atoms with Crippen molar-refractivity contribution in [1.82, 2.24) is 5.43 Å². The lowest BCUT2D eigenvalue weighted by Gasteiger charge is -2.14. The number of aryl methyl sites for hydroxylation is 1. The minimum atomic E-state index is -0.384. The van der Waals surface area contributed by atoms with Crippen molar-refractivity contribution in [3.05, 3.63) is 47.0 Å². The first-order valence-corrected chi connectivity index (χ1v) is 8.86. The van der Waals surface area contributed by atoms with E-state index in [-0.39, 0.29) is 35.7 Å². The number of benzene rings is 2. The highest BCUT2D eigenvalue weighted by Gasteiger charge is 2.11. The predicted octanol–water partition coefficient (Wildman–Crippen LogP) is 3.37. The van der Waals surface area contributed by atoms with Crippen LogP contribution in [0.4, 0.5) is 0 Å². The summed E-state index contributed by atoms with van der Waals surface area (Å²) in [5, 5.41) is 13.8. The summed E-state index contributed by atoms with van der Waals surface area (Å²) >= 11 is 0. The number of nitrogens with one attached hydrogen (secondary N) is 1. The second kappa shape index (κ2) is 9.64. The van der Waals surface area contributed by atoms with Crippen molar-refractivity contribution in [2.75, 3.05) is 20.8 Å². The van der Waals surface area contributed by atoms with Crippen LogP contribution >= 0.6 is 0 Å². The standard InChI is InChI=1S/C21H26N2O5/c1-13(2)16-7-6-14(3)8-17(16)28-12-20(24)23-22-11-15-9-18(26-4)21(25)19(10-15)27-5/h6-11,13,25H,12H2,1-5H3,(H,23,24)/b22-11+. The quantitative estimate of drug-likeness (QED) is 0.536. The zero-order valence-electron chi connectivity index (χ0n) is 16.8. The Morgan fingerprint density at radius 2 is 1.79 bits per heavy atom. The molecule has 0 saturated heterocycles. The second-order valence-corrected chi connectivity index (χ2v) is 6.55. The summed E-state index contributed by atoms with van der Waals surface area (Å²) in [7, 11) is 2.87. The van der Waals surface area contributed by atoms with Gasteiger partial charge in [0.05, 0.1) is 20.4 Å². The van der Waals surface area contributed by atoms with Crippen LogP contribution in [0.5, 0.6) is 23.0 Å². The molecule has 2 rings (SSSR count). The van der Waals surface area contributed by atoms with E-state index < -0.39 is 0 Å². The number of phenols is 1. The number of hydrazone groups is 1. The molecule has 0 aliphatic rings. The molecule has 2 aromatic rings. The van der Waals surface area contributed by atoms with E-state index in [0.29, 0.717) is 11.3 Å². The van der Waals surface area contributed by atoms with Crippen LogP contribution in [-0.2, 0) is 4.79 Å². The van der Waals surface area contributed by atoms with Crippen molar-refractivity contribution in [2.45, 2.75) is 26.7 Å². The summed E-state index contributed by atoms with van der Waals surface area (Å²) in [5.41, 5.74) is 5.12. The average Bonchev–Trinajstić information content (AvgIpc) is 2.67. The number of ether oxygens (including phenoxy) is 3. The van der Waals surface area contributed by atoms with Crippen molar-refractivity contribution in [1.29, 1.82) is 0 Å². The van der Waals surface area contributed by atoms with Gasteiger partial charge in [-0.2, -0.15) is 5.10 Å². The summed E-state index contributed by atoms with van der Waals surface area (Å²) in [6.07, 6.45) is 1.43. The third-order valence-electron chi connectivity index (χ3n) is 4.05. The van der Waals surface area contributed by atoms with Gasteiger partial charge in [0.2, 0.25) is 5.75 Å². The largest absolute Gasteiger partial charge is 0.502 e. The smallest absolute Gasteiger partial charge is 0.277 e. The molecule has 0 atom stereocenters.